The number of fused-ring (bicyclic) bond motifs is 1. The van der Waals surface area contributed by atoms with Crippen LogP contribution in [0.25, 0.3) is 0 Å². The number of anilines is 2. The van der Waals surface area contributed by atoms with E-state index < -0.39 is 0 Å². The van der Waals surface area contributed by atoms with Gasteiger partial charge in [0.15, 0.2) is 5.82 Å². The molecule has 0 aromatic carbocycles. The first-order valence-corrected chi connectivity index (χ1v) is 7.42. The van der Waals surface area contributed by atoms with Crippen LogP contribution in [0.2, 0.25) is 0 Å². The molecule has 3 rings (SSSR count). The van der Waals surface area contributed by atoms with Crippen LogP contribution >= 0.6 is 0 Å². The van der Waals surface area contributed by atoms with Crippen LogP contribution in [0.1, 0.15) is 37.9 Å². The molecule has 1 aliphatic heterocycles. The minimum Gasteiger partial charge on any atom is -0.377 e. The van der Waals surface area contributed by atoms with Crippen molar-refractivity contribution in [3.05, 3.63) is 11.9 Å². The van der Waals surface area contributed by atoms with Gasteiger partial charge in [-0.15, -0.1) is 0 Å². The summed E-state index contributed by atoms with van der Waals surface area (Å²) < 4.78 is 5.14. The van der Waals surface area contributed by atoms with Gasteiger partial charge in [-0.1, -0.05) is 12.8 Å². The Hall–Kier alpha value is -1.40. The Bertz CT molecular complexity index is 467. The van der Waals surface area contributed by atoms with E-state index in [4.69, 9.17) is 10.6 Å². The van der Waals surface area contributed by atoms with Crippen molar-refractivity contribution in [1.82, 2.24) is 9.97 Å². The summed E-state index contributed by atoms with van der Waals surface area (Å²) >= 11 is 0. The monoisotopic (exact) mass is 277 g/mol. The predicted octanol–water partition coefficient (Wildman–Crippen LogP) is 1.68. The summed E-state index contributed by atoms with van der Waals surface area (Å²) in [6.45, 7) is 1.49. The van der Waals surface area contributed by atoms with Crippen LogP contribution in [0.5, 0.6) is 0 Å². The average molecular weight is 277 g/mol. The number of methoxy groups -OCH3 is 1. The van der Waals surface area contributed by atoms with Crippen LogP contribution in [0.4, 0.5) is 11.6 Å². The van der Waals surface area contributed by atoms with Crippen LogP contribution in [-0.2, 0) is 11.3 Å². The summed E-state index contributed by atoms with van der Waals surface area (Å²) in [5, 5.41) is 0. The zero-order valence-electron chi connectivity index (χ0n) is 12.0. The van der Waals surface area contributed by atoms with Crippen molar-refractivity contribution in [2.24, 2.45) is 11.8 Å². The van der Waals surface area contributed by atoms with Gasteiger partial charge >= 0.3 is 0 Å². The lowest BCUT2D eigenvalue weighted by atomic mass is 9.85. The Morgan fingerprint density at radius 1 is 1.35 bits per heavy atom. The molecule has 0 amide bonds. The van der Waals surface area contributed by atoms with E-state index in [0.29, 0.717) is 24.3 Å². The number of nitrogens with one attached hydrogen (secondary N) is 1. The zero-order valence-corrected chi connectivity index (χ0v) is 12.0. The molecule has 6 nitrogen and oxygen atoms in total. The number of hydrazine groups is 1. The van der Waals surface area contributed by atoms with Gasteiger partial charge in [0, 0.05) is 25.8 Å². The first-order chi connectivity index (χ1) is 9.81. The molecular weight excluding hydrogens is 254 g/mol. The fourth-order valence-electron chi connectivity index (χ4n) is 3.59. The highest BCUT2D eigenvalue weighted by Crippen LogP contribution is 2.38. The normalized spacial score (nSPS) is 25.6. The first kappa shape index (κ1) is 13.6. The van der Waals surface area contributed by atoms with E-state index in [9.17, 15) is 0 Å². The molecule has 2 atom stereocenters. The second-order valence-electron chi connectivity index (χ2n) is 5.70. The number of nitrogens with zero attached hydrogens (tertiary/aromatic N) is 3. The van der Waals surface area contributed by atoms with E-state index in [1.54, 1.807) is 7.11 Å². The Morgan fingerprint density at radius 2 is 2.20 bits per heavy atom. The highest BCUT2D eigenvalue weighted by molar-refractivity contribution is 5.50. The number of nitrogens with two attached hydrogens (primary N) is 1. The van der Waals surface area contributed by atoms with Gasteiger partial charge in [-0.05, 0) is 25.2 Å². The summed E-state index contributed by atoms with van der Waals surface area (Å²) in [4.78, 5) is 11.4. The number of hydrogen-bond donors (Lipinski definition) is 2. The lowest BCUT2D eigenvalue weighted by Gasteiger charge is -2.32. The van der Waals surface area contributed by atoms with Gasteiger partial charge in [0.05, 0.1) is 0 Å². The van der Waals surface area contributed by atoms with Crippen LogP contribution < -0.4 is 16.2 Å². The molecule has 1 saturated carbocycles. The summed E-state index contributed by atoms with van der Waals surface area (Å²) in [7, 11) is 1.65. The maximum absolute atomic E-state index is 5.51. The van der Waals surface area contributed by atoms with Crippen molar-refractivity contribution in [3.63, 3.8) is 0 Å². The van der Waals surface area contributed by atoms with E-state index in [1.165, 1.54) is 32.1 Å². The largest absolute Gasteiger partial charge is 0.377 e. The second kappa shape index (κ2) is 5.93. The molecule has 3 N–H and O–H groups in total. The smallest absolute Gasteiger partial charge is 0.158 e. The molecule has 2 fully saturated rings. The molecule has 2 unspecified atom stereocenters. The van der Waals surface area contributed by atoms with E-state index in [1.807, 2.05) is 6.07 Å². The van der Waals surface area contributed by atoms with Gasteiger partial charge in [0.25, 0.3) is 0 Å². The third kappa shape index (κ3) is 2.58. The van der Waals surface area contributed by atoms with Crippen molar-refractivity contribution >= 4 is 11.6 Å². The summed E-state index contributed by atoms with van der Waals surface area (Å²) in [6.07, 6.45) is 6.62. The van der Waals surface area contributed by atoms with Crippen LogP contribution in [0.15, 0.2) is 6.07 Å². The van der Waals surface area contributed by atoms with Gasteiger partial charge in [0.2, 0.25) is 0 Å². The van der Waals surface area contributed by atoms with Gasteiger partial charge in [-0.2, -0.15) is 0 Å². The molecule has 0 spiro atoms. The van der Waals surface area contributed by atoms with Gasteiger partial charge in [-0.25, -0.2) is 15.8 Å². The quantitative estimate of drug-likeness (QED) is 0.644. The standard InChI is InChI=1S/C14H23N5O/c1-20-9-13-16-12(18-15)8-14(17-13)19-7-6-10-4-2-3-5-11(10)19/h8,10-11H,2-7,9,15H2,1H3,(H,16,17,18). The number of hydrogen-bond acceptors (Lipinski definition) is 6. The van der Waals surface area contributed by atoms with E-state index >= 15 is 0 Å². The molecule has 2 heterocycles. The maximum atomic E-state index is 5.51. The molecule has 1 aromatic rings. The fraction of sp³-hybridized carbons (Fsp3) is 0.714. The topological polar surface area (TPSA) is 76.3 Å². The SMILES string of the molecule is COCc1nc(NN)cc(N2CCC3CCCCC32)n1. The Labute approximate surface area is 119 Å². The predicted molar refractivity (Wildman–Crippen MR) is 78.3 cm³/mol. The minimum absolute atomic E-state index is 0.407. The summed E-state index contributed by atoms with van der Waals surface area (Å²) in [6, 6.07) is 2.58. The second-order valence-corrected chi connectivity index (χ2v) is 5.70. The number of ether oxygens (including phenoxy) is 1. The lowest BCUT2D eigenvalue weighted by molar-refractivity contribution is 0.178. The van der Waals surface area contributed by atoms with Gasteiger partial charge in [0.1, 0.15) is 18.2 Å². The van der Waals surface area contributed by atoms with Gasteiger partial charge in [-0.3, -0.25) is 0 Å². The molecule has 2 aliphatic rings. The van der Waals surface area contributed by atoms with Crippen molar-refractivity contribution in [2.45, 2.75) is 44.8 Å². The molecule has 6 heteroatoms. The summed E-state index contributed by atoms with van der Waals surface area (Å²) in [5.41, 5.74) is 2.63. The molecule has 1 saturated heterocycles. The summed E-state index contributed by atoms with van der Waals surface area (Å²) in [5.74, 6) is 8.66. The molecule has 1 aromatic heterocycles. The third-order valence-corrected chi connectivity index (χ3v) is 4.48. The van der Waals surface area contributed by atoms with E-state index in [0.717, 1.165) is 18.3 Å². The van der Waals surface area contributed by atoms with Crippen LogP contribution in [-0.4, -0.2) is 29.7 Å². The third-order valence-electron chi connectivity index (χ3n) is 4.48. The van der Waals surface area contributed by atoms with Gasteiger partial charge < -0.3 is 15.1 Å². The minimum atomic E-state index is 0.407. The Balaban J connectivity index is 1.86. The molecule has 0 radical (unpaired) electrons. The highest BCUT2D eigenvalue weighted by atomic mass is 16.5. The van der Waals surface area contributed by atoms with E-state index in [-0.39, 0.29) is 0 Å². The average Bonchev–Trinajstić information content (AvgIpc) is 2.91. The van der Waals surface area contributed by atoms with Crippen LogP contribution in [0, 0.1) is 5.92 Å². The molecule has 110 valence electrons. The maximum Gasteiger partial charge on any atom is 0.158 e. The Morgan fingerprint density at radius 3 is 3.00 bits per heavy atom. The number of nitrogen functional groups attached to an aromatic ring is 1. The van der Waals surface area contributed by atoms with E-state index in [2.05, 4.69) is 20.3 Å². The highest BCUT2D eigenvalue weighted by Gasteiger charge is 2.36. The zero-order chi connectivity index (χ0) is 13.9. The molecule has 1 aliphatic carbocycles. The molecular formula is C14H23N5O. The number of rotatable bonds is 4. The van der Waals surface area contributed by atoms with Crippen molar-refractivity contribution in [1.29, 1.82) is 0 Å². The molecule has 20 heavy (non-hydrogen) atoms. The molecule has 0 bridgehead atoms. The van der Waals surface area contributed by atoms with Crippen LogP contribution in [0.3, 0.4) is 0 Å². The van der Waals surface area contributed by atoms with Crippen molar-refractivity contribution < 1.29 is 4.74 Å². The lowest BCUT2D eigenvalue weighted by Crippen LogP contribution is -2.35. The Kier molecular flexibility index (Phi) is 4.03. The fourth-order valence-corrected chi connectivity index (χ4v) is 3.59. The number of aromatic nitrogens is 2. The first-order valence-electron chi connectivity index (χ1n) is 7.42. The van der Waals surface area contributed by atoms with Crippen molar-refractivity contribution in [3.8, 4) is 0 Å². The van der Waals surface area contributed by atoms with Crippen molar-refractivity contribution in [2.75, 3.05) is 24.0 Å².